The minimum atomic E-state index is 0.216. The van der Waals surface area contributed by atoms with Crippen LogP contribution < -0.4 is 0 Å². The molecule has 0 aliphatic carbocycles. The molecular weight excluding hydrogens is 236 g/mol. The van der Waals surface area contributed by atoms with Gasteiger partial charge in [0.1, 0.15) is 5.82 Å². The fourth-order valence-electron chi connectivity index (χ4n) is 2.31. The third-order valence-corrected chi connectivity index (χ3v) is 3.51. The summed E-state index contributed by atoms with van der Waals surface area (Å²) in [4.78, 5) is 13.2. The minimum absolute atomic E-state index is 0.216. The second-order valence-corrected chi connectivity index (χ2v) is 4.92. The van der Waals surface area contributed by atoms with Gasteiger partial charge in [-0.3, -0.25) is 14.5 Å². The van der Waals surface area contributed by atoms with Crippen molar-refractivity contribution in [3.63, 3.8) is 0 Å². The van der Waals surface area contributed by atoms with Gasteiger partial charge >= 0.3 is 0 Å². The lowest BCUT2D eigenvalue weighted by Crippen LogP contribution is -2.38. The van der Waals surface area contributed by atoms with Crippen LogP contribution in [-0.2, 0) is 11.2 Å². The van der Waals surface area contributed by atoms with Gasteiger partial charge in [0.15, 0.2) is 4.77 Å². The molecule has 1 aromatic rings. The first-order valence-corrected chi connectivity index (χ1v) is 6.44. The highest BCUT2D eigenvalue weighted by atomic mass is 32.1. The number of H-pyrrole nitrogens is 1. The van der Waals surface area contributed by atoms with Crippen molar-refractivity contribution in [3.8, 4) is 0 Å². The van der Waals surface area contributed by atoms with Crippen molar-refractivity contribution in [1.29, 1.82) is 0 Å². The molecule has 1 fully saturated rings. The van der Waals surface area contributed by atoms with Crippen molar-refractivity contribution in [2.24, 2.45) is 0 Å². The molecule has 1 atom stereocenters. The molecule has 1 N–H and O–H groups in total. The number of amides is 1. The van der Waals surface area contributed by atoms with E-state index in [2.05, 4.69) is 21.7 Å². The van der Waals surface area contributed by atoms with Gasteiger partial charge in [0.25, 0.3) is 0 Å². The van der Waals surface area contributed by atoms with E-state index in [1.807, 2.05) is 7.05 Å². The molecule has 0 aromatic carbocycles. The lowest BCUT2D eigenvalue weighted by Gasteiger charge is -2.30. The number of hydrogen-bond donors (Lipinski definition) is 1. The van der Waals surface area contributed by atoms with Crippen molar-refractivity contribution in [1.82, 2.24) is 19.7 Å². The largest absolute Gasteiger partial charge is 0.344 e. The molecule has 17 heavy (non-hydrogen) atoms. The summed E-state index contributed by atoms with van der Waals surface area (Å²) < 4.78 is 2.75. The van der Waals surface area contributed by atoms with Crippen molar-refractivity contribution < 1.29 is 4.79 Å². The van der Waals surface area contributed by atoms with Crippen LogP contribution >= 0.6 is 12.2 Å². The summed E-state index contributed by atoms with van der Waals surface area (Å²) in [5, 5.41) is 7.12. The van der Waals surface area contributed by atoms with Crippen LogP contribution in [0.3, 0.4) is 0 Å². The molecule has 5 nitrogen and oxygen atoms in total. The lowest BCUT2D eigenvalue weighted by atomic mass is 10.1. The molecule has 1 saturated heterocycles. The fourth-order valence-corrected chi connectivity index (χ4v) is 2.61. The zero-order chi connectivity index (χ0) is 12.4. The predicted molar refractivity (Wildman–Crippen MR) is 67.3 cm³/mol. The second-order valence-electron chi connectivity index (χ2n) is 4.53. The summed E-state index contributed by atoms with van der Waals surface area (Å²) >= 11 is 5.28. The number of aryl methyl sites for hydroxylation is 1. The first-order chi connectivity index (χ1) is 8.13. The molecule has 1 aliphatic rings. The van der Waals surface area contributed by atoms with Crippen molar-refractivity contribution in [2.75, 3.05) is 13.6 Å². The van der Waals surface area contributed by atoms with Crippen LogP contribution in [0.25, 0.3) is 0 Å². The standard InChI is InChI=1S/C11H18N4OS/c1-3-4-9-12-13-11(17)15(9)8-5-6-10(16)14(2)7-8/h8H,3-7H2,1-2H3,(H,13,17). The van der Waals surface area contributed by atoms with Gasteiger partial charge < -0.3 is 4.90 Å². The Morgan fingerprint density at radius 2 is 2.35 bits per heavy atom. The number of likely N-dealkylation sites (tertiary alicyclic amines) is 1. The second kappa shape index (κ2) is 5.00. The summed E-state index contributed by atoms with van der Waals surface area (Å²) in [5.74, 6) is 1.22. The first-order valence-electron chi connectivity index (χ1n) is 6.03. The molecule has 0 bridgehead atoms. The number of nitrogens with zero attached hydrogens (tertiary/aromatic N) is 3. The van der Waals surface area contributed by atoms with Gasteiger partial charge in [-0.2, -0.15) is 5.10 Å². The van der Waals surface area contributed by atoms with Gasteiger partial charge in [-0.05, 0) is 25.1 Å². The average Bonchev–Trinajstić information content (AvgIpc) is 2.65. The van der Waals surface area contributed by atoms with Crippen molar-refractivity contribution in [3.05, 3.63) is 10.6 Å². The predicted octanol–water partition coefficient (Wildman–Crippen LogP) is 1.69. The Bertz CT molecular complexity index is 464. The number of carbonyl (C=O) groups is 1. The summed E-state index contributed by atoms with van der Waals surface area (Å²) in [6.07, 6.45) is 3.41. The smallest absolute Gasteiger partial charge is 0.222 e. The Balaban J connectivity index is 2.24. The van der Waals surface area contributed by atoms with Crippen LogP contribution in [0.1, 0.15) is 38.1 Å². The van der Waals surface area contributed by atoms with Crippen LogP contribution in [0.2, 0.25) is 0 Å². The number of carbonyl (C=O) groups excluding carboxylic acids is 1. The van der Waals surface area contributed by atoms with E-state index in [1.54, 1.807) is 4.90 Å². The van der Waals surface area contributed by atoms with E-state index in [1.165, 1.54) is 0 Å². The summed E-state index contributed by atoms with van der Waals surface area (Å²) in [6.45, 7) is 2.85. The van der Waals surface area contributed by atoms with E-state index < -0.39 is 0 Å². The number of likely N-dealkylation sites (N-methyl/N-ethyl adjacent to an activating group) is 1. The highest BCUT2D eigenvalue weighted by molar-refractivity contribution is 7.71. The molecule has 1 amide bonds. The van der Waals surface area contributed by atoms with Crippen LogP contribution in [0.15, 0.2) is 0 Å². The Morgan fingerprint density at radius 1 is 1.59 bits per heavy atom. The maximum absolute atomic E-state index is 11.5. The molecule has 2 rings (SSSR count). The van der Waals surface area contributed by atoms with E-state index in [0.29, 0.717) is 11.2 Å². The third kappa shape index (κ3) is 2.41. The first kappa shape index (κ1) is 12.3. The Kier molecular flexibility index (Phi) is 3.61. The molecule has 0 spiro atoms. The SMILES string of the molecule is CCCc1n[nH]c(=S)n1C1CCC(=O)N(C)C1. The van der Waals surface area contributed by atoms with Crippen molar-refractivity contribution in [2.45, 2.75) is 38.6 Å². The maximum Gasteiger partial charge on any atom is 0.222 e. The van der Waals surface area contributed by atoms with E-state index in [0.717, 1.165) is 31.6 Å². The van der Waals surface area contributed by atoms with Crippen LogP contribution in [0.5, 0.6) is 0 Å². The summed E-state index contributed by atoms with van der Waals surface area (Å²) in [7, 11) is 1.84. The quantitative estimate of drug-likeness (QED) is 0.835. The van der Waals surface area contributed by atoms with Crippen LogP contribution in [-0.4, -0.2) is 39.2 Å². The van der Waals surface area contributed by atoms with Gasteiger partial charge in [0.05, 0.1) is 6.04 Å². The minimum Gasteiger partial charge on any atom is -0.344 e. The van der Waals surface area contributed by atoms with Gasteiger partial charge in [-0.1, -0.05) is 6.92 Å². The Morgan fingerprint density at radius 3 is 3.00 bits per heavy atom. The molecule has 0 radical (unpaired) electrons. The molecule has 6 heteroatoms. The number of hydrogen-bond acceptors (Lipinski definition) is 3. The highest BCUT2D eigenvalue weighted by Gasteiger charge is 2.26. The Hall–Kier alpha value is -1.17. The summed E-state index contributed by atoms with van der Waals surface area (Å²) in [5.41, 5.74) is 0. The summed E-state index contributed by atoms with van der Waals surface area (Å²) in [6, 6.07) is 0.269. The van der Waals surface area contributed by atoms with Crippen LogP contribution in [0.4, 0.5) is 0 Å². The lowest BCUT2D eigenvalue weighted by molar-refractivity contribution is -0.132. The molecule has 94 valence electrons. The number of nitrogens with one attached hydrogen (secondary N) is 1. The normalized spacial score (nSPS) is 20.9. The topological polar surface area (TPSA) is 53.9 Å². The number of aromatic nitrogens is 3. The number of piperidine rings is 1. The zero-order valence-electron chi connectivity index (χ0n) is 10.3. The fraction of sp³-hybridized carbons (Fsp3) is 0.727. The number of aromatic amines is 1. The van der Waals surface area contributed by atoms with E-state index in [4.69, 9.17) is 12.2 Å². The highest BCUT2D eigenvalue weighted by Crippen LogP contribution is 2.23. The van der Waals surface area contributed by atoms with Gasteiger partial charge in [-0.15, -0.1) is 0 Å². The number of rotatable bonds is 3. The van der Waals surface area contributed by atoms with Gasteiger partial charge in [-0.25, -0.2) is 0 Å². The molecular formula is C11H18N4OS. The third-order valence-electron chi connectivity index (χ3n) is 3.22. The zero-order valence-corrected chi connectivity index (χ0v) is 11.1. The maximum atomic E-state index is 11.5. The van der Waals surface area contributed by atoms with Gasteiger partial charge in [0, 0.05) is 26.4 Å². The molecule has 0 saturated carbocycles. The Labute approximate surface area is 106 Å². The monoisotopic (exact) mass is 254 g/mol. The molecule has 1 unspecified atom stereocenters. The van der Waals surface area contributed by atoms with Gasteiger partial charge in [0.2, 0.25) is 5.91 Å². The van der Waals surface area contributed by atoms with E-state index in [9.17, 15) is 4.79 Å². The molecule has 1 aliphatic heterocycles. The molecule has 2 heterocycles. The van der Waals surface area contributed by atoms with E-state index in [-0.39, 0.29) is 11.9 Å². The van der Waals surface area contributed by atoms with E-state index >= 15 is 0 Å². The average molecular weight is 254 g/mol. The molecule has 1 aromatic heterocycles. The van der Waals surface area contributed by atoms with Crippen molar-refractivity contribution >= 4 is 18.1 Å². The van der Waals surface area contributed by atoms with Crippen LogP contribution in [0, 0.1) is 4.77 Å².